The SMILES string of the molecule is CNC(=O)c1cc(NC(=O)CNS(=O)(=O)c2cccc(C(F)(F)F)c2)ccc1Cl. The van der Waals surface area contributed by atoms with Crippen molar-refractivity contribution in [2.24, 2.45) is 0 Å². The predicted molar refractivity (Wildman–Crippen MR) is 100 cm³/mol. The van der Waals surface area contributed by atoms with Crippen LogP contribution >= 0.6 is 11.6 Å². The van der Waals surface area contributed by atoms with Crippen LogP contribution in [0.1, 0.15) is 15.9 Å². The van der Waals surface area contributed by atoms with Crippen molar-refractivity contribution in [1.29, 1.82) is 0 Å². The molecule has 0 fully saturated rings. The Balaban J connectivity index is 2.08. The molecule has 2 aromatic carbocycles. The molecule has 0 aliphatic rings. The lowest BCUT2D eigenvalue weighted by Crippen LogP contribution is -2.33. The zero-order valence-electron chi connectivity index (χ0n) is 14.8. The van der Waals surface area contributed by atoms with Crippen molar-refractivity contribution in [1.82, 2.24) is 10.0 Å². The normalized spacial score (nSPS) is 11.8. The number of hydrogen-bond donors (Lipinski definition) is 3. The van der Waals surface area contributed by atoms with Crippen LogP contribution in [0.2, 0.25) is 5.02 Å². The van der Waals surface area contributed by atoms with Gasteiger partial charge in [0.05, 0.1) is 27.6 Å². The van der Waals surface area contributed by atoms with Crippen molar-refractivity contribution in [3.05, 3.63) is 58.6 Å². The van der Waals surface area contributed by atoms with E-state index in [1.54, 1.807) is 0 Å². The number of carbonyl (C=O) groups is 2. The van der Waals surface area contributed by atoms with Crippen LogP contribution in [0.15, 0.2) is 47.4 Å². The summed E-state index contributed by atoms with van der Waals surface area (Å²) < 4.78 is 64.5. The number of carbonyl (C=O) groups excluding carboxylic acids is 2. The molecule has 0 saturated carbocycles. The summed E-state index contributed by atoms with van der Waals surface area (Å²) in [6.45, 7) is -0.740. The molecule has 0 aromatic heterocycles. The van der Waals surface area contributed by atoms with E-state index in [0.29, 0.717) is 6.07 Å². The van der Waals surface area contributed by atoms with E-state index in [4.69, 9.17) is 11.6 Å². The third-order valence-corrected chi connectivity index (χ3v) is 5.34. The maximum Gasteiger partial charge on any atom is 0.416 e. The predicted octanol–water partition coefficient (Wildman–Crippen LogP) is 2.64. The van der Waals surface area contributed by atoms with Gasteiger partial charge in [-0.25, -0.2) is 13.1 Å². The molecule has 0 radical (unpaired) electrons. The number of halogens is 4. The number of amides is 2. The molecule has 29 heavy (non-hydrogen) atoms. The van der Waals surface area contributed by atoms with Crippen LogP contribution in [0.3, 0.4) is 0 Å². The molecule has 7 nitrogen and oxygen atoms in total. The molecule has 12 heteroatoms. The first-order valence-corrected chi connectivity index (χ1v) is 9.78. The highest BCUT2D eigenvalue weighted by molar-refractivity contribution is 7.89. The summed E-state index contributed by atoms with van der Waals surface area (Å²) in [6.07, 6.45) is -4.71. The Morgan fingerprint density at radius 2 is 1.79 bits per heavy atom. The van der Waals surface area contributed by atoms with E-state index >= 15 is 0 Å². The number of hydrogen-bond acceptors (Lipinski definition) is 4. The van der Waals surface area contributed by atoms with E-state index in [-0.39, 0.29) is 16.3 Å². The molecule has 0 aliphatic heterocycles. The van der Waals surface area contributed by atoms with Crippen molar-refractivity contribution in [3.63, 3.8) is 0 Å². The second-order valence-electron chi connectivity index (χ2n) is 5.67. The van der Waals surface area contributed by atoms with Gasteiger partial charge in [0.2, 0.25) is 15.9 Å². The second kappa shape index (κ2) is 8.80. The molecular weight excluding hydrogens is 435 g/mol. The Morgan fingerprint density at radius 1 is 1.10 bits per heavy atom. The fraction of sp³-hybridized carbons (Fsp3) is 0.176. The Labute approximate surface area is 169 Å². The molecule has 0 aliphatic carbocycles. The van der Waals surface area contributed by atoms with Crippen LogP contribution in [-0.4, -0.2) is 33.8 Å². The third-order valence-electron chi connectivity index (χ3n) is 3.62. The third kappa shape index (κ3) is 5.92. The molecule has 0 atom stereocenters. The minimum atomic E-state index is -4.71. The fourth-order valence-corrected chi connectivity index (χ4v) is 3.43. The summed E-state index contributed by atoms with van der Waals surface area (Å²) in [5, 5.41) is 4.88. The number of nitrogens with one attached hydrogen (secondary N) is 3. The Hall–Kier alpha value is -2.63. The molecule has 2 amide bonds. The van der Waals surface area contributed by atoms with Gasteiger partial charge in [0.15, 0.2) is 0 Å². The molecule has 0 bridgehead atoms. The average molecular weight is 450 g/mol. The van der Waals surface area contributed by atoms with Crippen LogP contribution in [0.25, 0.3) is 0 Å². The van der Waals surface area contributed by atoms with Gasteiger partial charge in [0.1, 0.15) is 0 Å². The molecule has 2 rings (SSSR count). The Bertz CT molecular complexity index is 1040. The summed E-state index contributed by atoms with van der Waals surface area (Å²) in [4.78, 5) is 23.1. The van der Waals surface area contributed by atoms with E-state index in [1.165, 1.54) is 25.2 Å². The lowest BCUT2D eigenvalue weighted by Gasteiger charge is -2.11. The number of anilines is 1. The zero-order chi connectivity index (χ0) is 21.8. The highest BCUT2D eigenvalue weighted by Gasteiger charge is 2.31. The fourth-order valence-electron chi connectivity index (χ4n) is 2.20. The van der Waals surface area contributed by atoms with Gasteiger partial charge in [0, 0.05) is 12.7 Å². The van der Waals surface area contributed by atoms with Crippen molar-refractivity contribution in [2.45, 2.75) is 11.1 Å². The first kappa shape index (κ1) is 22.7. The molecule has 2 aromatic rings. The van der Waals surface area contributed by atoms with E-state index in [0.717, 1.165) is 18.2 Å². The first-order valence-electron chi connectivity index (χ1n) is 7.92. The summed E-state index contributed by atoms with van der Waals surface area (Å²) in [7, 11) is -2.96. The molecule has 0 spiro atoms. The molecule has 0 unspecified atom stereocenters. The highest BCUT2D eigenvalue weighted by atomic mass is 35.5. The summed E-state index contributed by atoms with van der Waals surface area (Å²) in [5.41, 5.74) is -0.861. The van der Waals surface area contributed by atoms with Gasteiger partial charge in [-0.05, 0) is 36.4 Å². The smallest absolute Gasteiger partial charge is 0.355 e. The number of rotatable bonds is 6. The maximum absolute atomic E-state index is 12.7. The molecule has 156 valence electrons. The van der Waals surface area contributed by atoms with Crippen LogP contribution in [-0.2, 0) is 21.0 Å². The van der Waals surface area contributed by atoms with Crippen molar-refractivity contribution in [2.75, 3.05) is 18.9 Å². The summed E-state index contributed by atoms with van der Waals surface area (Å²) in [5.74, 6) is -1.29. The Morgan fingerprint density at radius 3 is 2.41 bits per heavy atom. The van der Waals surface area contributed by atoms with E-state index in [9.17, 15) is 31.2 Å². The van der Waals surface area contributed by atoms with Gasteiger partial charge in [-0.1, -0.05) is 17.7 Å². The van der Waals surface area contributed by atoms with E-state index in [1.807, 2.05) is 4.72 Å². The first-order chi connectivity index (χ1) is 13.4. The van der Waals surface area contributed by atoms with Crippen molar-refractivity contribution >= 4 is 39.1 Å². The van der Waals surface area contributed by atoms with E-state index in [2.05, 4.69) is 10.6 Å². The van der Waals surface area contributed by atoms with Crippen LogP contribution in [0.5, 0.6) is 0 Å². The minimum absolute atomic E-state index is 0.0940. The van der Waals surface area contributed by atoms with Gasteiger partial charge in [-0.3, -0.25) is 9.59 Å². The maximum atomic E-state index is 12.7. The van der Waals surface area contributed by atoms with Gasteiger partial charge < -0.3 is 10.6 Å². The summed E-state index contributed by atoms with van der Waals surface area (Å²) in [6, 6.07) is 7.18. The lowest BCUT2D eigenvalue weighted by atomic mass is 10.2. The minimum Gasteiger partial charge on any atom is -0.355 e. The molecular formula is C17H15ClF3N3O4S. The second-order valence-corrected chi connectivity index (χ2v) is 7.85. The van der Waals surface area contributed by atoms with E-state index < -0.39 is 45.0 Å². The number of benzene rings is 2. The molecule has 0 heterocycles. The molecule has 3 N–H and O–H groups in total. The quantitative estimate of drug-likeness (QED) is 0.630. The molecule has 0 saturated heterocycles. The summed E-state index contributed by atoms with van der Waals surface area (Å²) >= 11 is 5.89. The topological polar surface area (TPSA) is 104 Å². The lowest BCUT2D eigenvalue weighted by molar-refractivity contribution is -0.137. The zero-order valence-corrected chi connectivity index (χ0v) is 16.4. The van der Waals surface area contributed by atoms with Gasteiger partial charge in [-0.15, -0.1) is 0 Å². The van der Waals surface area contributed by atoms with Crippen molar-refractivity contribution < 1.29 is 31.2 Å². The van der Waals surface area contributed by atoms with Crippen molar-refractivity contribution in [3.8, 4) is 0 Å². The van der Waals surface area contributed by atoms with Crippen LogP contribution in [0.4, 0.5) is 18.9 Å². The monoisotopic (exact) mass is 449 g/mol. The van der Waals surface area contributed by atoms with Crippen LogP contribution in [0, 0.1) is 0 Å². The average Bonchev–Trinajstić information content (AvgIpc) is 2.67. The number of alkyl halides is 3. The highest BCUT2D eigenvalue weighted by Crippen LogP contribution is 2.30. The van der Waals surface area contributed by atoms with Gasteiger partial charge in [0.25, 0.3) is 5.91 Å². The van der Waals surface area contributed by atoms with Gasteiger partial charge >= 0.3 is 6.18 Å². The van der Waals surface area contributed by atoms with Crippen LogP contribution < -0.4 is 15.4 Å². The largest absolute Gasteiger partial charge is 0.416 e. The Kier molecular flexibility index (Phi) is 6.88. The number of sulfonamides is 1. The standard InChI is InChI=1S/C17H15ClF3N3O4S/c1-22-16(26)13-8-11(5-6-14(13)18)24-15(25)9-23-29(27,28)12-4-2-3-10(7-12)17(19,20)21/h2-8,23H,9H2,1H3,(H,22,26)(H,24,25). The van der Waals surface area contributed by atoms with Gasteiger partial charge in [-0.2, -0.15) is 13.2 Å².